The van der Waals surface area contributed by atoms with Gasteiger partial charge in [-0.25, -0.2) is 4.39 Å². The third-order valence-electron chi connectivity index (χ3n) is 2.90. The zero-order valence-electron chi connectivity index (χ0n) is 11.4. The average molecular weight is 325 g/mol. The summed E-state index contributed by atoms with van der Waals surface area (Å²) in [5, 5.41) is 11.8. The highest BCUT2D eigenvalue weighted by Gasteiger charge is 2.17. The van der Waals surface area contributed by atoms with Gasteiger partial charge in [-0.2, -0.15) is 23.5 Å². The molecule has 0 bridgehead atoms. The molecule has 1 aliphatic rings. The van der Waals surface area contributed by atoms with Crippen molar-refractivity contribution in [3.63, 3.8) is 0 Å². The Hall–Kier alpha value is -1.16. The van der Waals surface area contributed by atoms with Gasteiger partial charge in [0.1, 0.15) is 12.4 Å². The predicted octanol–water partition coefficient (Wildman–Crippen LogP) is 1.75. The van der Waals surface area contributed by atoms with E-state index in [-0.39, 0.29) is 12.2 Å². The summed E-state index contributed by atoms with van der Waals surface area (Å²) in [7, 11) is 0. The highest BCUT2D eigenvalue weighted by Crippen LogP contribution is 2.23. The van der Waals surface area contributed by atoms with Gasteiger partial charge >= 0.3 is 0 Å². The van der Waals surface area contributed by atoms with Gasteiger partial charge in [-0.15, -0.1) is 0 Å². The first-order valence-corrected chi connectivity index (χ1v) is 8.78. The van der Waals surface area contributed by atoms with Gasteiger partial charge in [0.25, 0.3) is 5.91 Å². The number of halogens is 1. The maximum absolute atomic E-state index is 13.9. The zero-order chi connectivity index (χ0) is 15.1. The Morgan fingerprint density at radius 3 is 3.00 bits per heavy atom. The van der Waals surface area contributed by atoms with Gasteiger partial charge in [0.2, 0.25) is 0 Å². The number of nitrogens with one attached hydrogen (secondary N) is 1. The zero-order valence-corrected chi connectivity index (χ0v) is 13.0. The fourth-order valence-corrected chi connectivity index (χ4v) is 4.49. The molecule has 1 atom stereocenters. The third kappa shape index (κ3) is 4.95. The molecule has 1 fully saturated rings. The summed E-state index contributed by atoms with van der Waals surface area (Å²) >= 11 is 3.73. The van der Waals surface area contributed by atoms with Gasteiger partial charge in [-0.3, -0.25) is 4.79 Å². The highest BCUT2D eigenvalue weighted by molar-refractivity contribution is 8.06. The molecule has 2 rings (SSSR count). The average Bonchev–Trinajstić information content (AvgIpc) is 2.51. The molecule has 1 amide bonds. The Labute approximate surface area is 132 Å². The Morgan fingerprint density at radius 1 is 1.48 bits per heavy atom. The number of aliphatic hydroxyl groups excluding tert-OH is 1. The van der Waals surface area contributed by atoms with Crippen LogP contribution in [0.1, 0.15) is 15.9 Å². The molecule has 0 radical (unpaired) electrons. The van der Waals surface area contributed by atoms with Gasteiger partial charge in [0.05, 0.1) is 5.56 Å². The SMILES string of the molecule is O=C(NCC1CSCCS1)c1ccc(C#CCO)cc1F. The number of aliphatic hydroxyl groups is 1. The molecule has 2 N–H and O–H groups in total. The summed E-state index contributed by atoms with van der Waals surface area (Å²) in [6.07, 6.45) is 0. The van der Waals surface area contributed by atoms with Crippen molar-refractivity contribution in [1.82, 2.24) is 5.32 Å². The molecular formula is C15H16FNO2S2. The van der Waals surface area contributed by atoms with E-state index in [4.69, 9.17) is 5.11 Å². The molecular weight excluding hydrogens is 309 g/mol. The standard InChI is InChI=1S/C15H16FNO2S2/c16-14-8-11(2-1-5-18)3-4-13(14)15(19)17-9-12-10-20-6-7-21-12/h3-4,8,12,18H,5-7,9-10H2,(H,17,19). The smallest absolute Gasteiger partial charge is 0.254 e. The quantitative estimate of drug-likeness (QED) is 0.832. The van der Waals surface area contributed by atoms with Crippen molar-refractivity contribution in [3.8, 4) is 11.8 Å². The van der Waals surface area contributed by atoms with E-state index in [2.05, 4.69) is 17.2 Å². The maximum Gasteiger partial charge on any atom is 0.254 e. The van der Waals surface area contributed by atoms with Crippen LogP contribution in [-0.4, -0.2) is 46.7 Å². The molecule has 1 heterocycles. The monoisotopic (exact) mass is 325 g/mol. The van der Waals surface area contributed by atoms with Crippen LogP contribution < -0.4 is 5.32 Å². The van der Waals surface area contributed by atoms with Crippen LogP contribution in [0.4, 0.5) is 4.39 Å². The fourth-order valence-electron chi connectivity index (χ4n) is 1.87. The fraction of sp³-hybridized carbons (Fsp3) is 0.400. The highest BCUT2D eigenvalue weighted by atomic mass is 32.2. The lowest BCUT2D eigenvalue weighted by molar-refractivity contribution is 0.0950. The summed E-state index contributed by atoms with van der Waals surface area (Å²) in [5.74, 6) is 7.32. The van der Waals surface area contributed by atoms with E-state index >= 15 is 0 Å². The number of thioether (sulfide) groups is 2. The molecule has 1 aliphatic heterocycles. The summed E-state index contributed by atoms with van der Waals surface area (Å²) < 4.78 is 13.9. The molecule has 0 saturated carbocycles. The van der Waals surface area contributed by atoms with Crippen molar-refractivity contribution >= 4 is 29.4 Å². The molecule has 0 aliphatic carbocycles. The van der Waals surface area contributed by atoms with E-state index in [0.717, 1.165) is 17.3 Å². The van der Waals surface area contributed by atoms with Gasteiger partial charge in [0, 0.05) is 34.6 Å². The Bertz CT molecular complexity index is 563. The van der Waals surface area contributed by atoms with Crippen molar-refractivity contribution in [1.29, 1.82) is 0 Å². The Kier molecular flexibility index (Phi) is 6.43. The number of benzene rings is 1. The van der Waals surface area contributed by atoms with Crippen molar-refractivity contribution in [2.45, 2.75) is 5.25 Å². The van der Waals surface area contributed by atoms with Crippen LogP contribution in [-0.2, 0) is 0 Å². The van der Waals surface area contributed by atoms with Crippen LogP contribution >= 0.6 is 23.5 Å². The molecule has 1 aromatic rings. The van der Waals surface area contributed by atoms with Gasteiger partial charge in [0.15, 0.2) is 0 Å². The first kappa shape index (κ1) is 16.2. The second-order valence-electron chi connectivity index (χ2n) is 4.43. The number of carbonyl (C=O) groups excluding carboxylic acids is 1. The van der Waals surface area contributed by atoms with Crippen molar-refractivity contribution in [2.24, 2.45) is 0 Å². The molecule has 6 heteroatoms. The van der Waals surface area contributed by atoms with Crippen LogP contribution in [0.5, 0.6) is 0 Å². The predicted molar refractivity (Wildman–Crippen MR) is 86.3 cm³/mol. The molecule has 112 valence electrons. The van der Waals surface area contributed by atoms with Gasteiger partial charge in [-0.1, -0.05) is 11.8 Å². The number of hydrogen-bond acceptors (Lipinski definition) is 4. The first-order chi connectivity index (χ1) is 10.2. The molecule has 0 aromatic heterocycles. The van der Waals surface area contributed by atoms with Crippen LogP contribution in [0.3, 0.4) is 0 Å². The minimum Gasteiger partial charge on any atom is -0.384 e. The lowest BCUT2D eigenvalue weighted by Crippen LogP contribution is -2.33. The van der Waals surface area contributed by atoms with Crippen LogP contribution in [0.2, 0.25) is 0 Å². The molecule has 0 spiro atoms. The van der Waals surface area contributed by atoms with E-state index in [1.807, 2.05) is 23.5 Å². The Balaban J connectivity index is 1.95. The normalized spacial score (nSPS) is 17.7. The maximum atomic E-state index is 13.9. The van der Waals surface area contributed by atoms with E-state index in [1.54, 1.807) is 6.07 Å². The summed E-state index contributed by atoms with van der Waals surface area (Å²) in [5.41, 5.74) is 0.468. The minimum atomic E-state index is -0.595. The summed E-state index contributed by atoms with van der Waals surface area (Å²) in [6.45, 7) is 0.281. The van der Waals surface area contributed by atoms with E-state index in [1.165, 1.54) is 12.1 Å². The van der Waals surface area contributed by atoms with Gasteiger partial charge < -0.3 is 10.4 Å². The summed E-state index contributed by atoms with van der Waals surface area (Å²) in [6, 6.07) is 4.21. The number of hydrogen-bond donors (Lipinski definition) is 2. The number of carbonyl (C=O) groups is 1. The topological polar surface area (TPSA) is 49.3 Å². The lowest BCUT2D eigenvalue weighted by atomic mass is 10.1. The van der Waals surface area contributed by atoms with E-state index in [0.29, 0.717) is 17.4 Å². The van der Waals surface area contributed by atoms with Crippen molar-refractivity contribution < 1.29 is 14.3 Å². The lowest BCUT2D eigenvalue weighted by Gasteiger charge is -2.21. The molecule has 1 saturated heterocycles. The number of rotatable bonds is 3. The molecule has 21 heavy (non-hydrogen) atoms. The summed E-state index contributed by atoms with van der Waals surface area (Å²) in [4.78, 5) is 12.0. The second-order valence-corrected chi connectivity index (χ2v) is 6.99. The first-order valence-electron chi connectivity index (χ1n) is 6.57. The van der Waals surface area contributed by atoms with Crippen molar-refractivity contribution in [2.75, 3.05) is 30.4 Å². The van der Waals surface area contributed by atoms with Crippen LogP contribution in [0.15, 0.2) is 18.2 Å². The van der Waals surface area contributed by atoms with Crippen LogP contribution in [0.25, 0.3) is 0 Å². The Morgan fingerprint density at radius 2 is 2.33 bits per heavy atom. The third-order valence-corrected chi connectivity index (χ3v) is 5.75. The second kappa shape index (κ2) is 8.32. The van der Waals surface area contributed by atoms with Gasteiger partial charge in [-0.05, 0) is 18.2 Å². The molecule has 3 nitrogen and oxygen atoms in total. The molecule has 1 unspecified atom stereocenters. The number of amides is 1. The molecule has 1 aromatic carbocycles. The van der Waals surface area contributed by atoms with Crippen molar-refractivity contribution in [3.05, 3.63) is 35.1 Å². The van der Waals surface area contributed by atoms with E-state index < -0.39 is 11.7 Å². The minimum absolute atomic E-state index is 0.0259. The van der Waals surface area contributed by atoms with E-state index in [9.17, 15) is 9.18 Å². The largest absolute Gasteiger partial charge is 0.384 e. The van der Waals surface area contributed by atoms with Crippen LogP contribution in [0, 0.1) is 17.7 Å².